The lowest BCUT2D eigenvalue weighted by atomic mass is 9.55. The van der Waals surface area contributed by atoms with E-state index in [9.17, 15) is 0 Å². The van der Waals surface area contributed by atoms with Crippen molar-refractivity contribution >= 4 is 41.3 Å². The molecule has 1 saturated heterocycles. The molecule has 0 bridgehead atoms. The fourth-order valence-electron chi connectivity index (χ4n) is 4.02. The van der Waals surface area contributed by atoms with Gasteiger partial charge in [-0.15, -0.1) is 35.3 Å². The first-order valence-corrected chi connectivity index (χ1v) is 9.69. The Morgan fingerprint density at radius 2 is 2.29 bits per heavy atom. The Balaban J connectivity index is 0.00000208. The summed E-state index contributed by atoms with van der Waals surface area (Å²) in [6.45, 7) is 9.39. The summed E-state index contributed by atoms with van der Waals surface area (Å²) in [4.78, 5) is 6.17. The van der Waals surface area contributed by atoms with Gasteiger partial charge in [-0.3, -0.25) is 4.99 Å². The summed E-state index contributed by atoms with van der Waals surface area (Å²) >= 11 is 1.81. The molecule has 4 nitrogen and oxygen atoms in total. The van der Waals surface area contributed by atoms with E-state index in [0.29, 0.717) is 18.1 Å². The standard InChI is InChI=1S/C18H29N3OS.HI/c1-4-19-17(20-10-9-13-7-6-12-23-13)21-15-14-8-5-11-22-16(14)18(15,2)3;/h6-7,12,14-16H,4-5,8-11H2,1-3H3,(H2,19,20,21);1H. The van der Waals surface area contributed by atoms with Crippen LogP contribution in [0, 0.1) is 11.3 Å². The molecule has 0 spiro atoms. The molecule has 2 N–H and O–H groups in total. The maximum atomic E-state index is 6.00. The maximum Gasteiger partial charge on any atom is 0.191 e. The van der Waals surface area contributed by atoms with Crippen LogP contribution in [0.25, 0.3) is 0 Å². The van der Waals surface area contributed by atoms with E-state index in [2.05, 4.69) is 48.9 Å². The van der Waals surface area contributed by atoms with Crippen molar-refractivity contribution in [3.8, 4) is 0 Å². The number of rotatable bonds is 5. The average molecular weight is 463 g/mol. The first-order chi connectivity index (χ1) is 11.1. The van der Waals surface area contributed by atoms with Gasteiger partial charge in [-0.25, -0.2) is 0 Å². The number of nitrogens with one attached hydrogen (secondary N) is 2. The zero-order valence-electron chi connectivity index (χ0n) is 14.9. The van der Waals surface area contributed by atoms with Gasteiger partial charge >= 0.3 is 0 Å². The van der Waals surface area contributed by atoms with E-state index in [1.54, 1.807) is 11.3 Å². The Hall–Kier alpha value is -0.340. The number of guanidine groups is 1. The number of aliphatic imine (C=N–C) groups is 1. The third kappa shape index (κ3) is 4.25. The van der Waals surface area contributed by atoms with E-state index in [1.165, 1.54) is 17.7 Å². The van der Waals surface area contributed by atoms with E-state index in [-0.39, 0.29) is 29.4 Å². The zero-order chi connectivity index (χ0) is 16.3. The molecule has 0 aromatic carbocycles. The van der Waals surface area contributed by atoms with E-state index >= 15 is 0 Å². The van der Waals surface area contributed by atoms with Gasteiger partial charge in [-0.2, -0.15) is 0 Å². The van der Waals surface area contributed by atoms with Gasteiger partial charge < -0.3 is 15.4 Å². The molecule has 0 radical (unpaired) electrons. The summed E-state index contributed by atoms with van der Waals surface area (Å²) in [7, 11) is 0. The minimum atomic E-state index is 0. The van der Waals surface area contributed by atoms with Gasteiger partial charge in [-0.05, 0) is 31.2 Å². The molecule has 3 rings (SSSR count). The van der Waals surface area contributed by atoms with Crippen molar-refractivity contribution in [2.75, 3.05) is 19.7 Å². The fourth-order valence-corrected chi connectivity index (χ4v) is 4.71. The van der Waals surface area contributed by atoms with Crippen molar-refractivity contribution < 1.29 is 4.74 Å². The van der Waals surface area contributed by atoms with Gasteiger partial charge in [0.25, 0.3) is 0 Å². The lowest BCUT2D eigenvalue weighted by Crippen LogP contribution is -2.71. The number of nitrogens with zero attached hydrogens (tertiary/aromatic N) is 1. The van der Waals surface area contributed by atoms with Crippen LogP contribution in [-0.2, 0) is 11.2 Å². The fraction of sp³-hybridized carbons (Fsp3) is 0.722. The molecule has 6 heteroatoms. The lowest BCUT2D eigenvalue weighted by Gasteiger charge is -2.60. The molecule has 136 valence electrons. The molecule has 3 unspecified atom stereocenters. The highest BCUT2D eigenvalue weighted by Crippen LogP contribution is 2.51. The molecule has 3 atom stereocenters. The molecule has 1 aliphatic heterocycles. The van der Waals surface area contributed by atoms with Gasteiger partial charge in [0, 0.05) is 48.4 Å². The topological polar surface area (TPSA) is 45.7 Å². The highest BCUT2D eigenvalue weighted by atomic mass is 127. The summed E-state index contributed by atoms with van der Waals surface area (Å²) in [5.41, 5.74) is 0.176. The largest absolute Gasteiger partial charge is 0.377 e. The first kappa shape index (κ1) is 20.0. The SMILES string of the molecule is CCNC(=NCCc1cccs1)NC1C2CCCOC2C1(C)C.I. The third-order valence-corrected chi connectivity index (χ3v) is 6.11. The Bertz CT molecular complexity index is 532. The Labute approximate surface area is 166 Å². The average Bonchev–Trinajstić information content (AvgIpc) is 3.06. The van der Waals surface area contributed by atoms with Crippen LogP contribution in [0.4, 0.5) is 0 Å². The number of hydrogen-bond acceptors (Lipinski definition) is 3. The van der Waals surface area contributed by atoms with Crippen molar-refractivity contribution in [1.82, 2.24) is 10.6 Å². The van der Waals surface area contributed by atoms with Crippen LogP contribution < -0.4 is 10.6 Å². The number of ether oxygens (including phenoxy) is 1. The van der Waals surface area contributed by atoms with E-state index in [1.807, 2.05) is 0 Å². The van der Waals surface area contributed by atoms with Crippen LogP contribution in [0.2, 0.25) is 0 Å². The summed E-state index contributed by atoms with van der Waals surface area (Å²) in [6.07, 6.45) is 3.86. The van der Waals surface area contributed by atoms with Gasteiger partial charge in [0.05, 0.1) is 6.10 Å². The summed E-state index contributed by atoms with van der Waals surface area (Å²) in [6, 6.07) is 4.74. The lowest BCUT2D eigenvalue weighted by molar-refractivity contribution is -0.188. The smallest absolute Gasteiger partial charge is 0.191 e. The maximum absolute atomic E-state index is 6.00. The van der Waals surface area contributed by atoms with Crippen molar-refractivity contribution in [3.05, 3.63) is 22.4 Å². The van der Waals surface area contributed by atoms with E-state index in [0.717, 1.165) is 32.1 Å². The van der Waals surface area contributed by atoms with Crippen LogP contribution in [0.1, 0.15) is 38.5 Å². The summed E-state index contributed by atoms with van der Waals surface area (Å²) in [5.74, 6) is 1.58. The Kier molecular flexibility index (Phi) is 7.37. The van der Waals surface area contributed by atoms with Crippen LogP contribution in [0.5, 0.6) is 0 Å². The number of thiophene rings is 1. The predicted octanol–water partition coefficient (Wildman–Crippen LogP) is 3.67. The molecule has 2 aliphatic rings. The van der Waals surface area contributed by atoms with Gasteiger partial charge in [0.1, 0.15) is 0 Å². The quantitative estimate of drug-likeness (QED) is 0.398. The molecule has 2 fully saturated rings. The first-order valence-electron chi connectivity index (χ1n) is 8.81. The molecule has 1 saturated carbocycles. The van der Waals surface area contributed by atoms with Gasteiger partial charge in [-0.1, -0.05) is 19.9 Å². The molecule has 1 aromatic rings. The highest BCUT2D eigenvalue weighted by Gasteiger charge is 2.58. The van der Waals surface area contributed by atoms with E-state index in [4.69, 9.17) is 9.73 Å². The number of hydrogen-bond donors (Lipinski definition) is 2. The zero-order valence-corrected chi connectivity index (χ0v) is 18.0. The van der Waals surface area contributed by atoms with Crippen LogP contribution in [0.3, 0.4) is 0 Å². The van der Waals surface area contributed by atoms with Crippen LogP contribution in [0.15, 0.2) is 22.5 Å². The second kappa shape index (κ2) is 8.85. The second-order valence-corrected chi connectivity index (χ2v) is 8.16. The van der Waals surface area contributed by atoms with Gasteiger partial charge in [0.15, 0.2) is 5.96 Å². The minimum absolute atomic E-state index is 0. The van der Waals surface area contributed by atoms with Gasteiger partial charge in [0.2, 0.25) is 0 Å². The van der Waals surface area contributed by atoms with Crippen LogP contribution in [-0.4, -0.2) is 37.8 Å². The molecular formula is C18H30IN3OS. The predicted molar refractivity (Wildman–Crippen MR) is 113 cm³/mol. The Morgan fingerprint density at radius 3 is 3.00 bits per heavy atom. The number of fused-ring (bicyclic) bond motifs is 1. The Morgan fingerprint density at radius 1 is 1.46 bits per heavy atom. The van der Waals surface area contributed by atoms with Crippen molar-refractivity contribution in [2.45, 2.75) is 52.2 Å². The molecular weight excluding hydrogens is 433 g/mol. The van der Waals surface area contributed by atoms with Crippen LogP contribution >= 0.6 is 35.3 Å². The molecule has 24 heavy (non-hydrogen) atoms. The monoisotopic (exact) mass is 463 g/mol. The van der Waals surface area contributed by atoms with Crippen molar-refractivity contribution in [2.24, 2.45) is 16.3 Å². The third-order valence-electron chi connectivity index (χ3n) is 5.18. The number of halogens is 1. The molecule has 1 aliphatic carbocycles. The normalized spacial score (nSPS) is 28.3. The van der Waals surface area contributed by atoms with E-state index < -0.39 is 0 Å². The molecule has 0 amide bonds. The summed E-state index contributed by atoms with van der Waals surface area (Å²) in [5, 5.41) is 9.21. The molecule has 1 aromatic heterocycles. The second-order valence-electron chi connectivity index (χ2n) is 7.13. The molecule has 2 heterocycles. The summed E-state index contributed by atoms with van der Waals surface area (Å²) < 4.78 is 6.00. The van der Waals surface area contributed by atoms with Crippen molar-refractivity contribution in [3.63, 3.8) is 0 Å². The van der Waals surface area contributed by atoms with Crippen molar-refractivity contribution in [1.29, 1.82) is 0 Å². The minimum Gasteiger partial charge on any atom is -0.377 e. The highest BCUT2D eigenvalue weighted by molar-refractivity contribution is 14.0.